The van der Waals surface area contributed by atoms with Gasteiger partial charge in [-0.1, -0.05) is 32.9 Å². The van der Waals surface area contributed by atoms with Crippen LogP contribution in [-0.4, -0.2) is 23.4 Å². The first-order chi connectivity index (χ1) is 9.77. The van der Waals surface area contributed by atoms with Gasteiger partial charge in [0.05, 0.1) is 0 Å². The van der Waals surface area contributed by atoms with Crippen molar-refractivity contribution in [2.24, 2.45) is 5.92 Å². The van der Waals surface area contributed by atoms with Crippen molar-refractivity contribution in [3.63, 3.8) is 0 Å². The second-order valence-corrected chi connectivity index (χ2v) is 6.50. The third-order valence-corrected chi connectivity index (χ3v) is 3.99. The van der Waals surface area contributed by atoms with Crippen LogP contribution in [0.3, 0.4) is 0 Å². The van der Waals surface area contributed by atoms with Crippen molar-refractivity contribution in [1.82, 2.24) is 5.32 Å². The lowest BCUT2D eigenvalue weighted by atomic mass is 9.91. The number of piperazine rings is 1. The molecule has 0 bridgehead atoms. The molecule has 2 rings (SSSR count). The van der Waals surface area contributed by atoms with Crippen molar-refractivity contribution in [3.05, 3.63) is 29.8 Å². The van der Waals surface area contributed by atoms with Crippen LogP contribution in [0.15, 0.2) is 24.3 Å². The molecule has 1 fully saturated rings. The zero-order valence-electron chi connectivity index (χ0n) is 13.4. The van der Waals surface area contributed by atoms with Gasteiger partial charge in [-0.2, -0.15) is 0 Å². The lowest BCUT2D eigenvalue weighted by molar-refractivity contribution is -0.138. The van der Waals surface area contributed by atoms with Gasteiger partial charge in [0.15, 0.2) is 0 Å². The summed E-state index contributed by atoms with van der Waals surface area (Å²) in [4.78, 5) is 26.8. The van der Waals surface area contributed by atoms with Crippen molar-refractivity contribution < 1.29 is 9.59 Å². The van der Waals surface area contributed by atoms with Crippen LogP contribution in [-0.2, 0) is 16.0 Å². The van der Waals surface area contributed by atoms with Gasteiger partial charge in [-0.15, -0.1) is 0 Å². The largest absolute Gasteiger partial charge is 0.340 e. The highest BCUT2D eigenvalue weighted by atomic mass is 16.2. The molecule has 1 aliphatic heterocycles. The number of hydrogen-bond acceptors (Lipinski definition) is 2. The van der Waals surface area contributed by atoms with E-state index in [-0.39, 0.29) is 17.7 Å². The monoisotopic (exact) mass is 288 g/mol. The molecular weight excluding hydrogens is 264 g/mol. The van der Waals surface area contributed by atoms with Gasteiger partial charge in [0.1, 0.15) is 11.6 Å². The van der Waals surface area contributed by atoms with Gasteiger partial charge >= 0.3 is 0 Å². The van der Waals surface area contributed by atoms with E-state index >= 15 is 0 Å². The molecule has 1 N–H and O–H groups in total. The number of benzene rings is 1. The van der Waals surface area contributed by atoms with Crippen molar-refractivity contribution >= 4 is 17.5 Å². The molecular formula is C17H24N2O2. The molecule has 21 heavy (non-hydrogen) atoms. The first kappa shape index (κ1) is 15.5. The highest BCUT2D eigenvalue weighted by Crippen LogP contribution is 2.29. The van der Waals surface area contributed by atoms with Gasteiger partial charge in [-0.3, -0.25) is 14.5 Å². The lowest BCUT2D eigenvalue weighted by Crippen LogP contribution is -2.69. The van der Waals surface area contributed by atoms with E-state index in [1.54, 1.807) is 18.7 Å². The molecule has 1 heterocycles. The van der Waals surface area contributed by atoms with Crippen molar-refractivity contribution in [1.29, 1.82) is 0 Å². The third kappa shape index (κ3) is 2.80. The molecule has 1 aromatic rings. The van der Waals surface area contributed by atoms with Crippen LogP contribution >= 0.6 is 0 Å². The molecule has 1 atom stereocenters. The van der Waals surface area contributed by atoms with Gasteiger partial charge in [-0.25, -0.2) is 0 Å². The summed E-state index contributed by atoms with van der Waals surface area (Å²) in [7, 11) is 0. The maximum atomic E-state index is 12.8. The Bertz CT molecular complexity index is 546. The molecule has 1 aliphatic rings. The number of hydrogen-bond donors (Lipinski definition) is 1. The molecule has 1 aromatic carbocycles. The van der Waals surface area contributed by atoms with E-state index in [0.717, 1.165) is 12.1 Å². The van der Waals surface area contributed by atoms with Crippen molar-refractivity contribution in [2.75, 3.05) is 4.90 Å². The molecule has 0 aromatic heterocycles. The molecule has 1 unspecified atom stereocenters. The zero-order chi connectivity index (χ0) is 15.8. The summed E-state index contributed by atoms with van der Waals surface area (Å²) >= 11 is 0. The highest BCUT2D eigenvalue weighted by molar-refractivity contribution is 6.10. The fraction of sp³-hybridized carbons (Fsp3) is 0.529. The molecule has 2 amide bonds. The summed E-state index contributed by atoms with van der Waals surface area (Å²) in [5.41, 5.74) is 1.14. The topological polar surface area (TPSA) is 49.4 Å². The molecule has 0 aliphatic carbocycles. The van der Waals surface area contributed by atoms with Crippen LogP contribution in [0, 0.1) is 5.92 Å². The summed E-state index contributed by atoms with van der Waals surface area (Å²) in [6.45, 7) is 9.51. The molecule has 4 heteroatoms. The van der Waals surface area contributed by atoms with Crippen molar-refractivity contribution in [2.45, 2.75) is 52.6 Å². The Hall–Kier alpha value is -1.84. The Morgan fingerprint density at radius 1 is 1.19 bits per heavy atom. The van der Waals surface area contributed by atoms with E-state index < -0.39 is 11.6 Å². The third-order valence-electron chi connectivity index (χ3n) is 3.99. The number of carbonyl (C=O) groups is 2. The second-order valence-electron chi connectivity index (χ2n) is 6.50. The predicted molar refractivity (Wildman–Crippen MR) is 84.2 cm³/mol. The minimum atomic E-state index is -0.869. The van der Waals surface area contributed by atoms with E-state index in [4.69, 9.17) is 0 Å². The Balaban J connectivity index is 2.47. The van der Waals surface area contributed by atoms with E-state index in [1.807, 2.05) is 38.1 Å². The number of nitrogens with zero attached hydrogens (tertiary/aromatic N) is 1. The van der Waals surface area contributed by atoms with E-state index in [1.165, 1.54) is 5.56 Å². The molecule has 1 saturated heterocycles. The van der Waals surface area contributed by atoms with E-state index in [9.17, 15) is 9.59 Å². The van der Waals surface area contributed by atoms with Crippen LogP contribution in [0.1, 0.15) is 40.2 Å². The van der Waals surface area contributed by atoms with Crippen LogP contribution < -0.4 is 10.2 Å². The van der Waals surface area contributed by atoms with Crippen LogP contribution in [0.5, 0.6) is 0 Å². The maximum absolute atomic E-state index is 12.8. The lowest BCUT2D eigenvalue weighted by Gasteiger charge is -2.44. The summed E-state index contributed by atoms with van der Waals surface area (Å²) < 4.78 is 0. The fourth-order valence-electron chi connectivity index (χ4n) is 2.75. The van der Waals surface area contributed by atoms with E-state index in [0.29, 0.717) is 0 Å². The summed E-state index contributed by atoms with van der Waals surface area (Å²) in [5.74, 6) is -0.102. The number of amides is 2. The number of rotatable bonds is 3. The zero-order valence-corrected chi connectivity index (χ0v) is 13.4. The van der Waals surface area contributed by atoms with Gasteiger partial charge in [0.2, 0.25) is 5.91 Å². The Morgan fingerprint density at radius 3 is 2.24 bits per heavy atom. The van der Waals surface area contributed by atoms with Gasteiger partial charge in [0, 0.05) is 5.69 Å². The minimum Gasteiger partial charge on any atom is -0.340 e. The normalized spacial score (nSPS) is 21.6. The fourth-order valence-corrected chi connectivity index (χ4v) is 2.75. The van der Waals surface area contributed by atoms with Crippen LogP contribution in [0.4, 0.5) is 5.69 Å². The first-order valence-corrected chi connectivity index (χ1v) is 7.52. The molecule has 0 saturated carbocycles. The smallest absolute Gasteiger partial charge is 0.252 e. The van der Waals surface area contributed by atoms with Gasteiger partial charge in [0.25, 0.3) is 5.91 Å². The van der Waals surface area contributed by atoms with E-state index in [2.05, 4.69) is 12.2 Å². The Morgan fingerprint density at radius 2 is 1.76 bits per heavy atom. The minimum absolute atomic E-state index is 0.0518. The van der Waals surface area contributed by atoms with Gasteiger partial charge in [-0.05, 0) is 43.9 Å². The Kier molecular flexibility index (Phi) is 4.08. The standard InChI is InChI=1S/C17H24N2O2/c1-6-12-7-9-13(10-8-12)19-14(11(2)3)15(20)18-17(4,5)16(19)21/h7-11,14H,6H2,1-5H3,(H,18,20). The summed E-state index contributed by atoms with van der Waals surface area (Å²) in [5, 5.41) is 2.83. The summed E-state index contributed by atoms with van der Waals surface area (Å²) in [6.07, 6.45) is 0.952. The first-order valence-electron chi connectivity index (χ1n) is 7.52. The molecule has 4 nitrogen and oxygen atoms in total. The number of anilines is 1. The molecule has 0 spiro atoms. The second kappa shape index (κ2) is 5.51. The Labute approximate surface area is 126 Å². The SMILES string of the molecule is CCc1ccc(N2C(=O)C(C)(C)NC(=O)C2C(C)C)cc1. The molecule has 0 radical (unpaired) electrons. The number of nitrogens with one attached hydrogen (secondary N) is 1. The average molecular weight is 288 g/mol. The van der Waals surface area contributed by atoms with Gasteiger partial charge < -0.3 is 5.32 Å². The molecule has 114 valence electrons. The predicted octanol–water partition coefficient (Wildman–Crippen LogP) is 2.52. The quantitative estimate of drug-likeness (QED) is 0.929. The highest BCUT2D eigenvalue weighted by Gasteiger charge is 2.46. The van der Waals surface area contributed by atoms with Crippen molar-refractivity contribution in [3.8, 4) is 0 Å². The summed E-state index contributed by atoms with van der Waals surface area (Å²) in [6, 6.07) is 7.43. The number of carbonyl (C=O) groups excluding carboxylic acids is 2. The van der Waals surface area contributed by atoms with Crippen LogP contribution in [0.2, 0.25) is 0 Å². The maximum Gasteiger partial charge on any atom is 0.252 e. The van der Waals surface area contributed by atoms with Crippen LogP contribution in [0.25, 0.3) is 0 Å². The number of aryl methyl sites for hydroxylation is 1. The average Bonchev–Trinajstić information content (AvgIpc) is 2.41.